The Labute approximate surface area is 179 Å². The number of aryl methyl sites for hydroxylation is 2. The van der Waals surface area contributed by atoms with E-state index in [1.165, 1.54) is 11.3 Å². The van der Waals surface area contributed by atoms with E-state index in [4.69, 9.17) is 11.6 Å². The summed E-state index contributed by atoms with van der Waals surface area (Å²) in [7, 11) is 0. The lowest BCUT2D eigenvalue weighted by atomic mass is 10.1. The van der Waals surface area contributed by atoms with Gasteiger partial charge in [0.1, 0.15) is 5.70 Å². The number of carbonyl (C=O) groups is 2. The zero-order valence-corrected chi connectivity index (χ0v) is 17.7. The molecule has 0 unspecified atom stereocenters. The first kappa shape index (κ1) is 20.8. The fourth-order valence-electron chi connectivity index (χ4n) is 2.66. The Morgan fingerprint density at radius 1 is 1.03 bits per heavy atom. The maximum absolute atomic E-state index is 12.8. The minimum absolute atomic E-state index is 0.183. The Morgan fingerprint density at radius 2 is 1.83 bits per heavy atom. The van der Waals surface area contributed by atoms with Crippen molar-refractivity contribution in [1.82, 2.24) is 10.6 Å². The smallest absolute Gasteiger partial charge is 0.268 e. The molecule has 0 bridgehead atoms. The minimum Gasteiger partial charge on any atom is -0.347 e. The first-order valence-electron chi connectivity index (χ1n) is 9.09. The van der Waals surface area contributed by atoms with Crippen LogP contribution in [0.1, 0.15) is 31.9 Å². The van der Waals surface area contributed by atoms with Gasteiger partial charge in [0.2, 0.25) is 0 Å². The van der Waals surface area contributed by atoms with Crippen molar-refractivity contribution >= 4 is 40.8 Å². The van der Waals surface area contributed by atoms with Gasteiger partial charge >= 0.3 is 0 Å². The van der Waals surface area contributed by atoms with Crippen LogP contribution in [-0.4, -0.2) is 11.8 Å². The number of nitrogens with one attached hydrogen (secondary N) is 2. The first-order chi connectivity index (χ1) is 13.9. The molecule has 0 radical (unpaired) electrons. The maximum atomic E-state index is 12.8. The number of amides is 2. The van der Waals surface area contributed by atoms with E-state index in [2.05, 4.69) is 10.6 Å². The second-order valence-corrected chi connectivity index (χ2v) is 7.99. The molecule has 29 heavy (non-hydrogen) atoms. The van der Waals surface area contributed by atoms with Crippen molar-refractivity contribution in [3.8, 4) is 0 Å². The SMILES string of the molecule is Cc1ccc(C(=O)NC(=Cc2cccs2)C(=O)NCc2ccccc2Cl)cc1C. The number of thiophene rings is 1. The van der Waals surface area contributed by atoms with Crippen molar-refractivity contribution in [1.29, 1.82) is 0 Å². The van der Waals surface area contributed by atoms with Crippen LogP contribution in [0.5, 0.6) is 0 Å². The lowest BCUT2D eigenvalue weighted by Crippen LogP contribution is -2.34. The molecule has 2 aromatic carbocycles. The molecule has 0 saturated heterocycles. The van der Waals surface area contributed by atoms with E-state index in [0.717, 1.165) is 21.6 Å². The lowest BCUT2D eigenvalue weighted by Gasteiger charge is -2.12. The van der Waals surface area contributed by atoms with Crippen molar-refractivity contribution in [2.45, 2.75) is 20.4 Å². The molecule has 4 nitrogen and oxygen atoms in total. The topological polar surface area (TPSA) is 58.2 Å². The molecule has 148 valence electrons. The van der Waals surface area contributed by atoms with Crippen molar-refractivity contribution in [2.24, 2.45) is 0 Å². The summed E-state index contributed by atoms with van der Waals surface area (Å²) < 4.78 is 0. The Balaban J connectivity index is 1.79. The highest BCUT2D eigenvalue weighted by Gasteiger charge is 2.15. The Morgan fingerprint density at radius 3 is 2.52 bits per heavy atom. The highest BCUT2D eigenvalue weighted by atomic mass is 35.5. The van der Waals surface area contributed by atoms with Crippen LogP contribution in [0.2, 0.25) is 5.02 Å². The molecule has 0 aliphatic rings. The summed E-state index contributed by atoms with van der Waals surface area (Å²) >= 11 is 7.64. The molecule has 2 N–H and O–H groups in total. The highest BCUT2D eigenvalue weighted by molar-refractivity contribution is 7.10. The number of carbonyl (C=O) groups excluding carboxylic acids is 2. The van der Waals surface area contributed by atoms with E-state index < -0.39 is 0 Å². The third-order valence-electron chi connectivity index (χ3n) is 4.49. The summed E-state index contributed by atoms with van der Waals surface area (Å²) in [5, 5.41) is 8.07. The van der Waals surface area contributed by atoms with Gasteiger partial charge < -0.3 is 10.6 Å². The Kier molecular flexibility index (Phi) is 6.86. The van der Waals surface area contributed by atoms with Gasteiger partial charge in [-0.05, 0) is 66.3 Å². The van der Waals surface area contributed by atoms with Crippen molar-refractivity contribution in [2.75, 3.05) is 0 Å². The summed E-state index contributed by atoms with van der Waals surface area (Å²) in [6.07, 6.45) is 1.67. The normalized spacial score (nSPS) is 11.2. The van der Waals surface area contributed by atoms with Gasteiger partial charge in [-0.1, -0.05) is 41.9 Å². The lowest BCUT2D eigenvalue weighted by molar-refractivity contribution is -0.117. The molecule has 0 atom stereocenters. The molecule has 3 aromatic rings. The van der Waals surface area contributed by atoms with E-state index >= 15 is 0 Å². The highest BCUT2D eigenvalue weighted by Crippen LogP contribution is 2.16. The molecule has 2 amide bonds. The van der Waals surface area contributed by atoms with Crippen LogP contribution in [0.4, 0.5) is 0 Å². The molecular formula is C23H21ClN2O2S. The fourth-order valence-corrected chi connectivity index (χ4v) is 3.52. The Hall–Kier alpha value is -2.89. The molecule has 0 fully saturated rings. The number of hydrogen-bond donors (Lipinski definition) is 2. The van der Waals surface area contributed by atoms with Crippen molar-refractivity contribution in [3.05, 3.63) is 97.8 Å². The number of rotatable bonds is 6. The average molecular weight is 425 g/mol. The molecule has 3 rings (SSSR count). The van der Waals surface area contributed by atoms with E-state index in [1.54, 1.807) is 18.2 Å². The summed E-state index contributed by atoms with van der Waals surface area (Å²) in [6, 6.07) is 16.5. The maximum Gasteiger partial charge on any atom is 0.268 e. The molecule has 0 saturated carbocycles. The zero-order valence-electron chi connectivity index (χ0n) is 16.2. The van der Waals surface area contributed by atoms with E-state index in [0.29, 0.717) is 10.6 Å². The summed E-state index contributed by atoms with van der Waals surface area (Å²) in [5.41, 5.74) is 3.61. The minimum atomic E-state index is -0.379. The largest absolute Gasteiger partial charge is 0.347 e. The molecule has 0 aliphatic heterocycles. The van der Waals surface area contributed by atoms with Crippen molar-refractivity contribution < 1.29 is 9.59 Å². The molecule has 0 spiro atoms. The zero-order chi connectivity index (χ0) is 20.8. The van der Waals surface area contributed by atoms with Crippen LogP contribution in [0.25, 0.3) is 6.08 Å². The second-order valence-electron chi connectivity index (χ2n) is 6.60. The van der Waals surface area contributed by atoms with Gasteiger partial charge in [-0.15, -0.1) is 11.3 Å². The van der Waals surface area contributed by atoms with E-state index in [1.807, 2.05) is 61.7 Å². The van der Waals surface area contributed by atoms with Crippen LogP contribution >= 0.6 is 22.9 Å². The molecule has 1 heterocycles. The molecule has 6 heteroatoms. The fraction of sp³-hybridized carbons (Fsp3) is 0.130. The molecular weight excluding hydrogens is 404 g/mol. The average Bonchev–Trinajstić information content (AvgIpc) is 3.21. The van der Waals surface area contributed by atoms with E-state index in [-0.39, 0.29) is 24.1 Å². The Bertz CT molecular complexity index is 1060. The second kappa shape index (κ2) is 9.54. The van der Waals surface area contributed by atoms with Gasteiger partial charge in [-0.3, -0.25) is 9.59 Å². The van der Waals surface area contributed by atoms with Gasteiger partial charge in [0.15, 0.2) is 0 Å². The summed E-state index contributed by atoms with van der Waals surface area (Å²) in [5.74, 6) is -0.709. The number of halogens is 1. The van der Waals surface area contributed by atoms with Crippen LogP contribution in [-0.2, 0) is 11.3 Å². The van der Waals surface area contributed by atoms with E-state index in [9.17, 15) is 9.59 Å². The van der Waals surface area contributed by atoms with Crippen LogP contribution in [0.15, 0.2) is 65.7 Å². The molecule has 1 aromatic heterocycles. The predicted molar refractivity (Wildman–Crippen MR) is 119 cm³/mol. The third kappa shape index (κ3) is 5.56. The number of benzene rings is 2. The first-order valence-corrected chi connectivity index (χ1v) is 10.3. The van der Waals surface area contributed by atoms with Crippen LogP contribution in [0.3, 0.4) is 0 Å². The quantitative estimate of drug-likeness (QED) is 0.540. The van der Waals surface area contributed by atoms with Gasteiger partial charge in [0, 0.05) is 22.0 Å². The number of hydrogen-bond acceptors (Lipinski definition) is 3. The summed E-state index contributed by atoms with van der Waals surface area (Å²) in [4.78, 5) is 26.4. The van der Waals surface area contributed by atoms with Crippen LogP contribution < -0.4 is 10.6 Å². The summed E-state index contributed by atoms with van der Waals surface area (Å²) in [6.45, 7) is 4.20. The van der Waals surface area contributed by atoms with Gasteiger partial charge in [0.25, 0.3) is 11.8 Å². The van der Waals surface area contributed by atoms with Crippen molar-refractivity contribution in [3.63, 3.8) is 0 Å². The third-order valence-corrected chi connectivity index (χ3v) is 5.68. The van der Waals surface area contributed by atoms with Gasteiger partial charge in [-0.2, -0.15) is 0 Å². The molecule has 0 aliphatic carbocycles. The van der Waals surface area contributed by atoms with Gasteiger partial charge in [-0.25, -0.2) is 0 Å². The van der Waals surface area contributed by atoms with Gasteiger partial charge in [0.05, 0.1) is 0 Å². The monoisotopic (exact) mass is 424 g/mol. The van der Waals surface area contributed by atoms with Crippen LogP contribution in [0, 0.1) is 13.8 Å². The predicted octanol–water partition coefficient (Wildman–Crippen LogP) is 5.11. The standard InChI is InChI=1S/C23H21ClN2O2S/c1-15-9-10-17(12-16(15)2)22(27)26-21(13-19-7-5-11-29-19)23(28)25-14-18-6-3-4-8-20(18)24/h3-13H,14H2,1-2H3,(H,25,28)(H,26,27).